The number of Topliss-reactive ketones (excluding diaryl/α,β-unsaturated/α-hetero) is 1. The summed E-state index contributed by atoms with van der Waals surface area (Å²) >= 11 is 11.6. The standard InChI is InChI=1S/C21H19ClN2OS/c1-4-9-21(12-23)18(13-5-7-14(22)8-6-13)17-15(24-19(21)26)10-20(2,3)11-16(17)25/h5-9,18H,1,10-11H2,2-3H3,(H,24,26). The number of carbonyl (C=O) groups is 1. The number of carbonyl (C=O) groups excluding carboxylic acids is 1. The summed E-state index contributed by atoms with van der Waals surface area (Å²) in [5.74, 6) is -0.463. The summed E-state index contributed by atoms with van der Waals surface area (Å²) in [6.45, 7) is 7.75. The first-order valence-corrected chi connectivity index (χ1v) is 9.14. The summed E-state index contributed by atoms with van der Waals surface area (Å²) in [6, 6.07) is 9.55. The van der Waals surface area contributed by atoms with Crippen LogP contribution >= 0.6 is 23.8 Å². The van der Waals surface area contributed by atoms with Crippen LogP contribution in [0.1, 0.15) is 38.2 Å². The minimum absolute atomic E-state index is 0.0447. The average molecular weight is 383 g/mol. The van der Waals surface area contributed by atoms with Gasteiger partial charge in [0.25, 0.3) is 0 Å². The lowest BCUT2D eigenvalue weighted by Crippen LogP contribution is -2.50. The molecule has 0 saturated heterocycles. The minimum Gasteiger partial charge on any atom is -0.351 e. The minimum atomic E-state index is -1.21. The van der Waals surface area contributed by atoms with Crippen LogP contribution in [0.2, 0.25) is 5.02 Å². The van der Waals surface area contributed by atoms with Gasteiger partial charge in [0.05, 0.1) is 6.07 Å². The summed E-state index contributed by atoms with van der Waals surface area (Å²) in [5.41, 5.74) is 3.63. The molecule has 0 radical (unpaired) electrons. The van der Waals surface area contributed by atoms with Crippen molar-refractivity contribution in [3.05, 3.63) is 64.5 Å². The highest BCUT2D eigenvalue weighted by molar-refractivity contribution is 7.80. The van der Waals surface area contributed by atoms with Crippen LogP contribution in [0.5, 0.6) is 0 Å². The van der Waals surface area contributed by atoms with Crippen molar-refractivity contribution in [3.63, 3.8) is 0 Å². The van der Waals surface area contributed by atoms with Crippen LogP contribution in [0, 0.1) is 22.2 Å². The fourth-order valence-corrected chi connectivity index (χ4v) is 4.39. The molecule has 5 heteroatoms. The summed E-state index contributed by atoms with van der Waals surface area (Å²) in [5, 5.41) is 13.9. The molecule has 1 N–H and O–H groups in total. The van der Waals surface area contributed by atoms with Crippen molar-refractivity contribution in [1.82, 2.24) is 5.32 Å². The van der Waals surface area contributed by atoms with Gasteiger partial charge in [-0.05, 0) is 35.6 Å². The summed E-state index contributed by atoms with van der Waals surface area (Å²) in [4.78, 5) is 13.5. The zero-order valence-electron chi connectivity index (χ0n) is 14.7. The van der Waals surface area contributed by atoms with E-state index in [1.165, 1.54) is 0 Å². The maximum absolute atomic E-state index is 13.1. The number of thiocarbonyl (C=S) groups is 1. The molecule has 0 bridgehead atoms. The SMILES string of the molecule is C=C=CC1(C#N)C(=S)NC2=C(C(=O)CC(C)(C)C2)C1c1ccc(Cl)cc1. The summed E-state index contributed by atoms with van der Waals surface area (Å²) in [6.07, 6.45) is 2.71. The highest BCUT2D eigenvalue weighted by Gasteiger charge is 2.52. The van der Waals surface area contributed by atoms with E-state index in [0.29, 0.717) is 28.4 Å². The number of rotatable bonds is 2. The first kappa shape index (κ1) is 18.6. The molecule has 0 saturated carbocycles. The number of halogens is 1. The van der Waals surface area contributed by atoms with Crippen molar-refractivity contribution >= 4 is 34.6 Å². The summed E-state index contributed by atoms with van der Waals surface area (Å²) < 4.78 is 0. The van der Waals surface area contributed by atoms with Gasteiger partial charge in [-0.25, -0.2) is 0 Å². The highest BCUT2D eigenvalue weighted by atomic mass is 35.5. The Balaban J connectivity index is 2.31. The first-order chi connectivity index (χ1) is 12.2. The zero-order chi connectivity index (χ0) is 19.1. The molecule has 2 unspecified atom stereocenters. The molecule has 3 nitrogen and oxygen atoms in total. The van der Waals surface area contributed by atoms with Crippen LogP contribution < -0.4 is 5.32 Å². The van der Waals surface area contributed by atoms with Gasteiger partial charge in [0.1, 0.15) is 10.4 Å². The second kappa shape index (κ2) is 6.52. The molecule has 1 aromatic rings. The molecule has 0 spiro atoms. The van der Waals surface area contributed by atoms with Gasteiger partial charge >= 0.3 is 0 Å². The van der Waals surface area contributed by atoms with Crippen LogP contribution in [0.15, 0.2) is 53.9 Å². The van der Waals surface area contributed by atoms with Crippen LogP contribution in [0.4, 0.5) is 0 Å². The average Bonchev–Trinajstić information content (AvgIpc) is 2.56. The second-order valence-corrected chi connectivity index (χ2v) is 8.45. The van der Waals surface area contributed by atoms with Gasteiger partial charge in [-0.3, -0.25) is 4.79 Å². The maximum Gasteiger partial charge on any atom is 0.161 e. The van der Waals surface area contributed by atoms with E-state index in [1.54, 1.807) is 18.2 Å². The lowest BCUT2D eigenvalue weighted by atomic mass is 9.61. The predicted octanol–water partition coefficient (Wildman–Crippen LogP) is 4.85. The Kier molecular flexibility index (Phi) is 4.67. The lowest BCUT2D eigenvalue weighted by molar-refractivity contribution is -0.118. The van der Waals surface area contributed by atoms with Gasteiger partial charge in [-0.2, -0.15) is 5.26 Å². The number of nitrogens with zero attached hydrogens (tertiary/aromatic N) is 1. The normalized spacial score (nSPS) is 27.1. The Morgan fingerprint density at radius 3 is 2.58 bits per heavy atom. The first-order valence-electron chi connectivity index (χ1n) is 8.35. The Bertz CT molecular complexity index is 916. The van der Waals surface area contributed by atoms with Crippen molar-refractivity contribution in [1.29, 1.82) is 5.26 Å². The van der Waals surface area contributed by atoms with Gasteiger partial charge in [-0.15, -0.1) is 5.73 Å². The predicted molar refractivity (Wildman–Crippen MR) is 107 cm³/mol. The van der Waals surface area contributed by atoms with Crippen molar-refractivity contribution in [2.45, 2.75) is 32.6 Å². The number of hydrogen-bond acceptors (Lipinski definition) is 3. The quantitative estimate of drug-likeness (QED) is 0.586. The molecular weight excluding hydrogens is 364 g/mol. The Morgan fingerprint density at radius 1 is 1.35 bits per heavy atom. The smallest absolute Gasteiger partial charge is 0.161 e. The van der Waals surface area contributed by atoms with E-state index >= 15 is 0 Å². The number of hydrogen-bond donors (Lipinski definition) is 1. The maximum atomic E-state index is 13.1. The van der Waals surface area contributed by atoms with Gasteiger partial charge in [0.15, 0.2) is 5.78 Å². The molecule has 2 atom stereocenters. The molecule has 0 aromatic heterocycles. The topological polar surface area (TPSA) is 52.9 Å². The van der Waals surface area contributed by atoms with Gasteiger partial charge < -0.3 is 5.32 Å². The van der Waals surface area contributed by atoms with E-state index in [-0.39, 0.29) is 11.2 Å². The fraction of sp³-hybridized carbons (Fsp3) is 0.333. The molecule has 0 amide bonds. The molecule has 26 heavy (non-hydrogen) atoms. The number of allylic oxidation sites excluding steroid dienone is 2. The molecule has 3 rings (SSSR count). The van der Waals surface area contributed by atoms with E-state index in [9.17, 15) is 10.1 Å². The van der Waals surface area contributed by atoms with Crippen molar-refractivity contribution in [2.75, 3.05) is 0 Å². The number of benzene rings is 1. The molecule has 1 heterocycles. The Hall–Kier alpha value is -2.18. The van der Waals surface area contributed by atoms with E-state index in [2.05, 4.69) is 37.5 Å². The third kappa shape index (κ3) is 2.93. The Morgan fingerprint density at radius 2 is 2.00 bits per heavy atom. The highest BCUT2D eigenvalue weighted by Crippen LogP contribution is 2.51. The van der Waals surface area contributed by atoms with Crippen LogP contribution in [0.25, 0.3) is 0 Å². The number of nitriles is 1. The van der Waals surface area contributed by atoms with E-state index in [1.807, 2.05) is 12.1 Å². The van der Waals surface area contributed by atoms with Crippen molar-refractivity contribution < 1.29 is 4.79 Å². The van der Waals surface area contributed by atoms with Gasteiger partial charge in [-0.1, -0.05) is 56.4 Å². The largest absolute Gasteiger partial charge is 0.351 e. The van der Waals surface area contributed by atoms with Crippen LogP contribution in [-0.2, 0) is 4.79 Å². The molecule has 1 aliphatic heterocycles. The molecular formula is C21H19ClN2OS. The third-order valence-corrected chi connectivity index (χ3v) is 5.71. The van der Waals surface area contributed by atoms with Crippen molar-refractivity contribution in [2.24, 2.45) is 10.8 Å². The van der Waals surface area contributed by atoms with E-state index in [4.69, 9.17) is 23.8 Å². The summed E-state index contributed by atoms with van der Waals surface area (Å²) in [7, 11) is 0. The lowest BCUT2D eigenvalue weighted by Gasteiger charge is -2.44. The van der Waals surface area contributed by atoms with Crippen LogP contribution in [-0.4, -0.2) is 10.8 Å². The Labute approximate surface area is 164 Å². The van der Waals surface area contributed by atoms with E-state index < -0.39 is 11.3 Å². The number of nitrogens with one attached hydrogen (secondary N) is 1. The third-order valence-electron chi connectivity index (χ3n) is 5.02. The molecule has 1 aromatic carbocycles. The van der Waals surface area contributed by atoms with E-state index in [0.717, 1.165) is 11.3 Å². The van der Waals surface area contributed by atoms with Crippen LogP contribution in [0.3, 0.4) is 0 Å². The fourth-order valence-electron chi connectivity index (χ4n) is 3.92. The molecule has 0 fully saturated rings. The monoisotopic (exact) mass is 382 g/mol. The zero-order valence-corrected chi connectivity index (χ0v) is 16.3. The van der Waals surface area contributed by atoms with Crippen molar-refractivity contribution in [3.8, 4) is 6.07 Å². The molecule has 132 valence electrons. The molecule has 2 aliphatic rings. The van der Waals surface area contributed by atoms with Gasteiger partial charge in [0.2, 0.25) is 0 Å². The number of ketones is 1. The van der Waals surface area contributed by atoms with Gasteiger partial charge in [0, 0.05) is 28.6 Å². The second-order valence-electron chi connectivity index (χ2n) is 7.60. The molecule has 1 aliphatic carbocycles.